The first-order valence-electron chi connectivity index (χ1n) is 10.3. The van der Waals surface area contributed by atoms with Gasteiger partial charge in [-0.15, -0.1) is 11.3 Å². The Balaban J connectivity index is 1.46. The number of ether oxygens (including phenoxy) is 1. The van der Waals surface area contributed by atoms with E-state index in [0.717, 1.165) is 10.3 Å². The van der Waals surface area contributed by atoms with Crippen LogP contribution in [0.25, 0.3) is 5.65 Å². The minimum atomic E-state index is -0.472. The molecular formula is C23H20BrCl2N5O3S. The third-order valence-electron chi connectivity index (χ3n) is 5.15. The number of nitrogens with zero attached hydrogens (tertiary/aromatic N) is 3. The fraction of sp³-hybridized carbons (Fsp3) is 0.174. The highest BCUT2D eigenvalue weighted by Gasteiger charge is 2.20. The molecule has 35 heavy (non-hydrogen) atoms. The van der Waals surface area contributed by atoms with E-state index < -0.39 is 6.03 Å². The predicted molar refractivity (Wildman–Crippen MR) is 143 cm³/mol. The Labute approximate surface area is 223 Å². The molecule has 0 unspecified atom stereocenters. The summed E-state index contributed by atoms with van der Waals surface area (Å²) in [6.07, 6.45) is 1.88. The number of halogens is 3. The molecule has 0 bridgehead atoms. The highest BCUT2D eigenvalue weighted by atomic mass is 79.9. The number of carbonyl (C=O) groups excluding carboxylic acids is 2. The molecule has 1 aromatic carbocycles. The summed E-state index contributed by atoms with van der Waals surface area (Å²) in [5.41, 5.74) is 2.45. The van der Waals surface area contributed by atoms with Gasteiger partial charge in [0.05, 0.1) is 27.9 Å². The fourth-order valence-corrected chi connectivity index (χ4v) is 4.87. The monoisotopic (exact) mass is 595 g/mol. The van der Waals surface area contributed by atoms with Crippen molar-refractivity contribution in [2.24, 2.45) is 0 Å². The summed E-state index contributed by atoms with van der Waals surface area (Å²) in [4.78, 5) is 30.6. The van der Waals surface area contributed by atoms with E-state index in [1.165, 1.54) is 16.2 Å². The van der Waals surface area contributed by atoms with Crippen molar-refractivity contribution in [2.45, 2.75) is 13.5 Å². The number of hydrogen-bond acceptors (Lipinski definition) is 5. The Bertz CT molecular complexity index is 1390. The normalized spacial score (nSPS) is 10.9. The molecule has 0 saturated carbocycles. The molecule has 3 heterocycles. The number of aromatic nitrogens is 2. The fourth-order valence-electron chi connectivity index (χ4n) is 3.28. The lowest BCUT2D eigenvalue weighted by molar-refractivity contribution is -0.117. The van der Waals surface area contributed by atoms with Gasteiger partial charge in [-0.1, -0.05) is 23.2 Å². The predicted octanol–water partition coefficient (Wildman–Crippen LogP) is 6.14. The van der Waals surface area contributed by atoms with Crippen LogP contribution in [0, 0.1) is 6.92 Å². The van der Waals surface area contributed by atoms with Crippen molar-refractivity contribution in [1.82, 2.24) is 14.7 Å². The Hall–Kier alpha value is -2.79. The zero-order chi connectivity index (χ0) is 25.1. The van der Waals surface area contributed by atoms with E-state index in [2.05, 4.69) is 31.5 Å². The van der Waals surface area contributed by atoms with E-state index in [4.69, 9.17) is 27.9 Å². The summed E-state index contributed by atoms with van der Waals surface area (Å²) in [6, 6.07) is 10.1. The number of thiophene rings is 1. The summed E-state index contributed by atoms with van der Waals surface area (Å²) >= 11 is 17.9. The third kappa shape index (κ3) is 5.56. The topological polar surface area (TPSA) is 88.0 Å². The van der Waals surface area contributed by atoms with Gasteiger partial charge in [0.25, 0.3) is 0 Å². The van der Waals surface area contributed by atoms with E-state index in [-0.39, 0.29) is 24.1 Å². The quantitative estimate of drug-likeness (QED) is 0.268. The van der Waals surface area contributed by atoms with Gasteiger partial charge in [-0.3, -0.25) is 14.5 Å². The number of hydrogen-bond donors (Lipinski definition) is 2. The molecule has 0 spiro atoms. The minimum Gasteiger partial charge on any atom is -0.485 e. The molecule has 0 aliphatic heterocycles. The van der Waals surface area contributed by atoms with Crippen molar-refractivity contribution in [3.8, 4) is 5.75 Å². The summed E-state index contributed by atoms with van der Waals surface area (Å²) in [5.74, 6) is 0.203. The van der Waals surface area contributed by atoms with Gasteiger partial charge in [0, 0.05) is 23.8 Å². The smallest absolute Gasteiger partial charge is 0.320 e. The number of fused-ring (bicyclic) bond motifs is 1. The van der Waals surface area contributed by atoms with Gasteiger partial charge < -0.3 is 15.0 Å². The molecule has 0 aliphatic carbocycles. The van der Waals surface area contributed by atoms with E-state index in [1.54, 1.807) is 25.2 Å². The Kier molecular flexibility index (Phi) is 7.85. The van der Waals surface area contributed by atoms with Crippen molar-refractivity contribution in [2.75, 3.05) is 23.8 Å². The van der Waals surface area contributed by atoms with Crippen LogP contribution in [0.15, 0.2) is 52.6 Å². The first kappa shape index (κ1) is 25.3. The SMILES string of the molecule is Cc1nc2c(OCc3c(Cl)ccc(N(C)C(=O)CNC(=O)Nc4cccs4)c3Cl)cccn2c1Br. The number of imidazole rings is 1. The second-order valence-corrected chi connectivity index (χ2v) is 9.92. The van der Waals surface area contributed by atoms with E-state index >= 15 is 0 Å². The number of carbonyl (C=O) groups is 2. The summed E-state index contributed by atoms with van der Waals surface area (Å²) in [7, 11) is 1.58. The molecule has 2 N–H and O–H groups in total. The van der Waals surface area contributed by atoms with Crippen LogP contribution in [0.3, 0.4) is 0 Å². The highest BCUT2D eigenvalue weighted by Crippen LogP contribution is 2.35. The molecular weight excluding hydrogens is 577 g/mol. The number of pyridine rings is 1. The van der Waals surface area contributed by atoms with Gasteiger partial charge in [0.15, 0.2) is 11.4 Å². The van der Waals surface area contributed by atoms with E-state index in [1.807, 2.05) is 41.1 Å². The van der Waals surface area contributed by atoms with Crippen LogP contribution in [-0.4, -0.2) is 34.9 Å². The van der Waals surface area contributed by atoms with Crippen LogP contribution < -0.4 is 20.3 Å². The van der Waals surface area contributed by atoms with Gasteiger partial charge in [-0.05, 0) is 64.6 Å². The highest BCUT2D eigenvalue weighted by molar-refractivity contribution is 9.10. The number of urea groups is 1. The minimum absolute atomic E-state index is 0.0677. The molecule has 0 atom stereocenters. The van der Waals surface area contributed by atoms with Gasteiger partial charge in [-0.25, -0.2) is 9.78 Å². The molecule has 8 nitrogen and oxygen atoms in total. The number of nitrogens with one attached hydrogen (secondary N) is 2. The second kappa shape index (κ2) is 10.9. The maximum Gasteiger partial charge on any atom is 0.320 e. The maximum atomic E-state index is 12.7. The first-order valence-corrected chi connectivity index (χ1v) is 12.8. The van der Waals surface area contributed by atoms with Gasteiger partial charge >= 0.3 is 6.03 Å². The molecule has 0 radical (unpaired) electrons. The Morgan fingerprint density at radius 2 is 2.03 bits per heavy atom. The maximum absolute atomic E-state index is 12.7. The van der Waals surface area contributed by atoms with Crippen LogP contribution in [-0.2, 0) is 11.4 Å². The summed E-state index contributed by atoms with van der Waals surface area (Å²) in [5, 5.41) is 8.42. The number of aryl methyl sites for hydroxylation is 1. The lowest BCUT2D eigenvalue weighted by Crippen LogP contribution is -2.40. The zero-order valence-electron chi connectivity index (χ0n) is 18.6. The molecule has 0 fully saturated rings. The van der Waals surface area contributed by atoms with Crippen molar-refractivity contribution < 1.29 is 14.3 Å². The molecule has 0 aliphatic rings. The van der Waals surface area contributed by atoms with Crippen LogP contribution in [0.2, 0.25) is 10.0 Å². The van der Waals surface area contributed by atoms with Crippen LogP contribution in [0.5, 0.6) is 5.75 Å². The number of likely N-dealkylation sites (N-methyl/N-ethyl adjacent to an activating group) is 1. The Morgan fingerprint density at radius 3 is 2.77 bits per heavy atom. The van der Waals surface area contributed by atoms with Gasteiger partial charge in [-0.2, -0.15) is 0 Å². The lowest BCUT2D eigenvalue weighted by atomic mass is 10.2. The van der Waals surface area contributed by atoms with E-state index in [9.17, 15) is 9.59 Å². The van der Waals surface area contributed by atoms with Crippen LogP contribution in [0.4, 0.5) is 15.5 Å². The van der Waals surface area contributed by atoms with Crippen molar-refractivity contribution in [3.05, 3.63) is 73.9 Å². The largest absolute Gasteiger partial charge is 0.485 e. The van der Waals surface area contributed by atoms with Crippen molar-refractivity contribution >= 4 is 78.7 Å². The Morgan fingerprint density at radius 1 is 1.23 bits per heavy atom. The summed E-state index contributed by atoms with van der Waals surface area (Å²) in [6.45, 7) is 1.75. The molecule has 4 rings (SSSR count). The van der Waals surface area contributed by atoms with Crippen molar-refractivity contribution in [3.63, 3.8) is 0 Å². The molecule has 3 amide bonds. The number of rotatable bonds is 7. The van der Waals surface area contributed by atoms with Crippen molar-refractivity contribution in [1.29, 1.82) is 0 Å². The van der Waals surface area contributed by atoms with Gasteiger partial charge in [0.2, 0.25) is 5.91 Å². The molecule has 4 aromatic rings. The first-order chi connectivity index (χ1) is 16.8. The summed E-state index contributed by atoms with van der Waals surface area (Å²) < 4.78 is 8.73. The third-order valence-corrected chi connectivity index (χ3v) is 7.66. The standard InChI is InChI=1S/C23H20BrCl2N5O3S/c1-13-21(24)31-9-3-5-17(22(31)28-13)34-12-14-15(25)7-8-16(20(14)26)30(2)19(32)11-27-23(33)29-18-6-4-10-35-18/h3-10H,11-12H2,1-2H3,(H2,27,29,33). The lowest BCUT2D eigenvalue weighted by Gasteiger charge is -2.21. The number of amides is 3. The molecule has 182 valence electrons. The number of benzene rings is 1. The zero-order valence-corrected chi connectivity index (χ0v) is 22.6. The van der Waals surface area contributed by atoms with Crippen LogP contribution in [0.1, 0.15) is 11.3 Å². The molecule has 0 saturated heterocycles. The second-order valence-electron chi connectivity index (χ2n) is 7.44. The molecule has 3 aromatic heterocycles. The number of anilines is 2. The average Bonchev–Trinajstić information content (AvgIpc) is 3.45. The average molecular weight is 597 g/mol. The van der Waals surface area contributed by atoms with E-state index in [0.29, 0.717) is 32.7 Å². The molecule has 12 heteroatoms. The van der Waals surface area contributed by atoms with Crippen LogP contribution >= 0.6 is 50.5 Å². The van der Waals surface area contributed by atoms with Gasteiger partial charge in [0.1, 0.15) is 11.2 Å².